The van der Waals surface area contributed by atoms with E-state index >= 15 is 0 Å². The zero-order valence-corrected chi connectivity index (χ0v) is 14.8. The van der Waals surface area contributed by atoms with Crippen LogP contribution in [0.5, 0.6) is 17.2 Å². The van der Waals surface area contributed by atoms with E-state index in [-0.39, 0.29) is 23.2 Å². The number of nitrogens with zero attached hydrogens (tertiary/aromatic N) is 2. The number of phenolic OH excluding ortho intramolecular Hbond substituents is 1. The fourth-order valence-electron chi connectivity index (χ4n) is 3.01. The van der Waals surface area contributed by atoms with Crippen molar-refractivity contribution in [3.63, 3.8) is 0 Å². The molecule has 8 heteroatoms. The lowest BCUT2D eigenvalue weighted by molar-refractivity contribution is -0.0512. The molecule has 1 amide bonds. The number of anilines is 1. The number of amides is 1. The van der Waals surface area contributed by atoms with E-state index in [2.05, 4.69) is 9.64 Å². The van der Waals surface area contributed by atoms with E-state index < -0.39 is 6.61 Å². The first-order valence-corrected chi connectivity index (χ1v) is 8.44. The number of aromatic hydroxyl groups is 1. The summed E-state index contributed by atoms with van der Waals surface area (Å²) < 4.78 is 34.3. The Kier molecular flexibility index (Phi) is 5.63. The lowest BCUT2D eigenvalue weighted by Gasteiger charge is -2.36. The number of benzene rings is 2. The van der Waals surface area contributed by atoms with Gasteiger partial charge in [-0.25, -0.2) is 0 Å². The molecule has 2 aromatic rings. The molecule has 6 nitrogen and oxygen atoms in total. The number of alkyl halides is 2. The van der Waals surface area contributed by atoms with Gasteiger partial charge in [0.2, 0.25) is 0 Å². The first kappa shape index (κ1) is 18.8. The summed E-state index contributed by atoms with van der Waals surface area (Å²) in [5.74, 6) is -0.00638. The van der Waals surface area contributed by atoms with Crippen molar-refractivity contribution in [2.24, 2.45) is 0 Å². The monoisotopic (exact) mass is 378 g/mol. The van der Waals surface area contributed by atoms with Gasteiger partial charge in [-0.15, -0.1) is 0 Å². The summed E-state index contributed by atoms with van der Waals surface area (Å²) in [7, 11) is 1.33. The van der Waals surface area contributed by atoms with Crippen molar-refractivity contribution in [1.82, 2.24) is 4.90 Å². The normalized spacial score (nSPS) is 14.4. The SMILES string of the molecule is COc1cc(C(=O)N2CCN(c3ccc(O)cc3)CC2)ccc1OC(F)F. The third-order valence-corrected chi connectivity index (χ3v) is 4.41. The van der Waals surface area contributed by atoms with Crippen LogP contribution < -0.4 is 14.4 Å². The summed E-state index contributed by atoms with van der Waals surface area (Å²) in [6.45, 7) is -0.608. The molecule has 3 rings (SSSR count). The van der Waals surface area contributed by atoms with Crippen LogP contribution in [0.15, 0.2) is 42.5 Å². The molecule has 0 atom stereocenters. The molecule has 1 N–H and O–H groups in total. The Labute approximate surface area is 155 Å². The number of carbonyl (C=O) groups excluding carboxylic acids is 1. The maximum atomic E-state index is 12.7. The summed E-state index contributed by atoms with van der Waals surface area (Å²) in [4.78, 5) is 16.6. The van der Waals surface area contributed by atoms with Gasteiger partial charge < -0.3 is 24.4 Å². The predicted octanol–water partition coefficient (Wildman–Crippen LogP) is 2.96. The average Bonchev–Trinajstić information content (AvgIpc) is 2.68. The molecule has 0 aromatic heterocycles. The van der Waals surface area contributed by atoms with Gasteiger partial charge in [0.05, 0.1) is 7.11 Å². The number of methoxy groups -OCH3 is 1. The van der Waals surface area contributed by atoms with Gasteiger partial charge in [0, 0.05) is 37.4 Å². The third-order valence-electron chi connectivity index (χ3n) is 4.41. The highest BCUT2D eigenvalue weighted by atomic mass is 19.3. The van der Waals surface area contributed by atoms with Gasteiger partial charge in [0.1, 0.15) is 5.75 Å². The number of piperazine rings is 1. The van der Waals surface area contributed by atoms with Crippen LogP contribution in [0.1, 0.15) is 10.4 Å². The number of ether oxygens (including phenoxy) is 2. The Morgan fingerprint density at radius 2 is 1.70 bits per heavy atom. The highest BCUT2D eigenvalue weighted by Gasteiger charge is 2.23. The highest BCUT2D eigenvalue weighted by molar-refractivity contribution is 5.95. The smallest absolute Gasteiger partial charge is 0.387 e. The Morgan fingerprint density at radius 3 is 2.30 bits per heavy atom. The largest absolute Gasteiger partial charge is 0.508 e. The van der Waals surface area contributed by atoms with Gasteiger partial charge in [-0.2, -0.15) is 8.78 Å². The minimum atomic E-state index is -2.96. The van der Waals surface area contributed by atoms with E-state index in [0.29, 0.717) is 31.7 Å². The molecule has 0 unspecified atom stereocenters. The zero-order chi connectivity index (χ0) is 19.4. The maximum absolute atomic E-state index is 12.7. The molecule has 0 aliphatic carbocycles. The molecule has 0 saturated carbocycles. The Balaban J connectivity index is 1.66. The molecule has 1 aliphatic rings. The van der Waals surface area contributed by atoms with E-state index in [0.717, 1.165) is 5.69 Å². The quantitative estimate of drug-likeness (QED) is 0.867. The van der Waals surface area contributed by atoms with Crippen molar-refractivity contribution < 1.29 is 28.2 Å². The van der Waals surface area contributed by atoms with Crippen LogP contribution in [0, 0.1) is 0 Å². The molecule has 1 saturated heterocycles. The van der Waals surface area contributed by atoms with E-state index in [4.69, 9.17) is 4.74 Å². The van der Waals surface area contributed by atoms with Crippen LogP contribution in [-0.4, -0.2) is 55.8 Å². The molecular weight excluding hydrogens is 358 g/mol. The van der Waals surface area contributed by atoms with Gasteiger partial charge in [0.15, 0.2) is 11.5 Å². The molecule has 0 spiro atoms. The number of halogens is 2. The predicted molar refractivity (Wildman–Crippen MR) is 95.8 cm³/mol. The molecule has 1 heterocycles. The van der Waals surface area contributed by atoms with Crippen LogP contribution in [0.25, 0.3) is 0 Å². The molecule has 27 heavy (non-hydrogen) atoms. The lowest BCUT2D eigenvalue weighted by Crippen LogP contribution is -2.48. The number of phenols is 1. The standard InChI is InChI=1S/C19H20F2N2O4/c1-26-17-12-13(2-7-16(17)27-19(20)21)18(25)23-10-8-22(9-11-23)14-3-5-15(24)6-4-14/h2-7,12,19,24H,8-11H2,1H3. The van der Waals surface area contributed by atoms with Crippen molar-refractivity contribution in [1.29, 1.82) is 0 Å². The maximum Gasteiger partial charge on any atom is 0.387 e. The summed E-state index contributed by atoms with van der Waals surface area (Å²) in [5.41, 5.74) is 1.33. The van der Waals surface area contributed by atoms with Crippen molar-refractivity contribution in [3.05, 3.63) is 48.0 Å². The van der Waals surface area contributed by atoms with E-state index in [1.165, 1.54) is 25.3 Å². The number of carbonyl (C=O) groups is 1. The topological polar surface area (TPSA) is 62.2 Å². The number of rotatable bonds is 5. The molecule has 1 fully saturated rings. The first-order valence-electron chi connectivity index (χ1n) is 8.44. The summed E-state index contributed by atoms with van der Waals surface area (Å²) in [5, 5.41) is 9.37. The van der Waals surface area contributed by atoms with Crippen LogP contribution in [0.4, 0.5) is 14.5 Å². The molecular formula is C19H20F2N2O4. The van der Waals surface area contributed by atoms with Crippen molar-refractivity contribution in [3.8, 4) is 17.2 Å². The second kappa shape index (κ2) is 8.11. The van der Waals surface area contributed by atoms with E-state index in [1.807, 2.05) is 12.1 Å². The highest BCUT2D eigenvalue weighted by Crippen LogP contribution is 2.30. The van der Waals surface area contributed by atoms with E-state index in [1.54, 1.807) is 17.0 Å². The van der Waals surface area contributed by atoms with Crippen molar-refractivity contribution >= 4 is 11.6 Å². The zero-order valence-electron chi connectivity index (χ0n) is 14.8. The van der Waals surface area contributed by atoms with Gasteiger partial charge >= 0.3 is 6.61 Å². The van der Waals surface area contributed by atoms with Crippen molar-refractivity contribution in [2.75, 3.05) is 38.2 Å². The Morgan fingerprint density at radius 1 is 1.04 bits per heavy atom. The fraction of sp³-hybridized carbons (Fsp3) is 0.316. The van der Waals surface area contributed by atoms with Crippen LogP contribution in [-0.2, 0) is 0 Å². The molecule has 144 valence electrons. The molecule has 1 aliphatic heterocycles. The summed E-state index contributed by atoms with van der Waals surface area (Å²) in [6.07, 6.45) is 0. The number of hydrogen-bond acceptors (Lipinski definition) is 5. The molecule has 0 radical (unpaired) electrons. The summed E-state index contributed by atoms with van der Waals surface area (Å²) in [6, 6.07) is 11.1. The first-order chi connectivity index (χ1) is 13.0. The van der Waals surface area contributed by atoms with Gasteiger partial charge in [-0.05, 0) is 42.5 Å². The fourth-order valence-corrected chi connectivity index (χ4v) is 3.01. The second-order valence-electron chi connectivity index (χ2n) is 6.04. The van der Waals surface area contributed by atoms with Crippen molar-refractivity contribution in [2.45, 2.75) is 6.61 Å². The van der Waals surface area contributed by atoms with E-state index in [9.17, 15) is 18.7 Å². The van der Waals surface area contributed by atoms with Crippen LogP contribution >= 0.6 is 0 Å². The van der Waals surface area contributed by atoms with Gasteiger partial charge in [0.25, 0.3) is 5.91 Å². The van der Waals surface area contributed by atoms with Gasteiger partial charge in [-0.3, -0.25) is 4.79 Å². The molecule has 2 aromatic carbocycles. The lowest BCUT2D eigenvalue weighted by atomic mass is 10.1. The third kappa shape index (κ3) is 4.39. The molecule has 0 bridgehead atoms. The minimum absolute atomic E-state index is 0.0869. The van der Waals surface area contributed by atoms with Crippen LogP contribution in [0.2, 0.25) is 0 Å². The van der Waals surface area contributed by atoms with Crippen LogP contribution in [0.3, 0.4) is 0 Å². The second-order valence-corrected chi connectivity index (χ2v) is 6.04. The minimum Gasteiger partial charge on any atom is -0.508 e. The summed E-state index contributed by atoms with van der Waals surface area (Å²) >= 11 is 0. The number of hydrogen-bond donors (Lipinski definition) is 1. The van der Waals surface area contributed by atoms with Gasteiger partial charge in [-0.1, -0.05) is 0 Å². The average molecular weight is 378 g/mol. The Hall–Kier alpha value is -3.03. The Bertz CT molecular complexity index is 791.